The molecule has 2 aliphatic heterocycles. The first-order chi connectivity index (χ1) is 17.1. The second-order valence-corrected chi connectivity index (χ2v) is 10.4. The Balaban J connectivity index is 1.59. The molecule has 10 heteroatoms. The first kappa shape index (κ1) is 21.7. The molecule has 0 aliphatic carbocycles. The van der Waals surface area contributed by atoms with E-state index in [1.165, 1.54) is 13.2 Å². The molecular weight excluding hydrogens is 566 g/mol. The van der Waals surface area contributed by atoms with Crippen LogP contribution < -0.4 is 44.8 Å². The summed E-state index contributed by atoms with van der Waals surface area (Å²) in [5.41, 5.74) is 3.44. The van der Waals surface area contributed by atoms with Gasteiger partial charge in [-0.15, -0.1) is 0 Å². The zero-order valence-electron chi connectivity index (χ0n) is 18.4. The maximum absolute atomic E-state index is 14.5. The molecule has 0 fully saturated rings. The Kier molecular flexibility index (Phi) is 5.44. The van der Waals surface area contributed by atoms with Gasteiger partial charge in [0.2, 0.25) is 0 Å². The number of benzene rings is 2. The molecule has 178 valence electrons. The Morgan fingerprint density at radius 1 is 1.20 bits per heavy atom. The zero-order chi connectivity index (χ0) is 23.9. The van der Waals surface area contributed by atoms with Gasteiger partial charge in [0, 0.05) is 0 Å². The molecular formula is C25H19FIN4O4-. The number of amides is 1. The van der Waals surface area contributed by atoms with Crippen LogP contribution in [0, 0.1) is 5.82 Å². The third-order valence-corrected chi connectivity index (χ3v) is 8.21. The first-order valence-corrected chi connectivity index (χ1v) is 12.9. The fourth-order valence-electron chi connectivity index (χ4n) is 4.20. The van der Waals surface area contributed by atoms with Crippen molar-refractivity contribution in [2.75, 3.05) is 19.0 Å². The number of carbonyl (C=O) groups excluding carboxylic acids is 1. The van der Waals surface area contributed by atoms with Crippen LogP contribution in [0.3, 0.4) is 0 Å². The van der Waals surface area contributed by atoms with E-state index in [9.17, 15) is 9.18 Å². The van der Waals surface area contributed by atoms with Gasteiger partial charge in [0.15, 0.2) is 0 Å². The summed E-state index contributed by atoms with van der Waals surface area (Å²) >= 11 is -0.847. The minimum absolute atomic E-state index is 0.0282. The Bertz CT molecular complexity index is 1460. The van der Waals surface area contributed by atoms with Crippen LogP contribution in [0.15, 0.2) is 60.9 Å². The molecule has 4 heterocycles. The van der Waals surface area contributed by atoms with Crippen LogP contribution in [0.25, 0.3) is 11.3 Å². The summed E-state index contributed by atoms with van der Waals surface area (Å²) in [5.74, 6) is 1.11. The van der Waals surface area contributed by atoms with E-state index in [-0.39, 0.29) is 15.6 Å². The Morgan fingerprint density at radius 2 is 2.06 bits per heavy atom. The number of fused-ring (bicyclic) bond motifs is 5. The molecule has 2 aromatic carbocycles. The van der Waals surface area contributed by atoms with Crippen LogP contribution in [0.1, 0.15) is 20.0 Å². The standard InChI is InChI=1S/C25H19FIN4O4/c1-33-24-16(26)6-3-7-18(24)30-23-20-22-17(11-29-25(20)32)27-35-14-5-2-4-13(10-14)34-19-12-28-9-8-15(19)21(23)31-22/h2-10,12,17,30-31H,11H2,1H3,(H,29,32)/q-1. The summed E-state index contributed by atoms with van der Waals surface area (Å²) in [6, 6.07) is 13.9. The van der Waals surface area contributed by atoms with Crippen molar-refractivity contribution < 1.29 is 43.3 Å². The molecule has 35 heavy (non-hydrogen) atoms. The van der Waals surface area contributed by atoms with Gasteiger partial charge in [0.25, 0.3) is 0 Å². The Labute approximate surface area is 210 Å². The Morgan fingerprint density at radius 3 is 2.94 bits per heavy atom. The number of rotatable bonds is 3. The van der Waals surface area contributed by atoms with Gasteiger partial charge < -0.3 is 0 Å². The predicted molar refractivity (Wildman–Crippen MR) is 122 cm³/mol. The van der Waals surface area contributed by atoms with Crippen molar-refractivity contribution in [1.82, 2.24) is 15.3 Å². The third kappa shape index (κ3) is 3.83. The van der Waals surface area contributed by atoms with Crippen LogP contribution >= 0.6 is 0 Å². The van der Waals surface area contributed by atoms with Gasteiger partial charge >= 0.3 is 211 Å². The molecule has 0 saturated heterocycles. The number of hydrogen-bond donors (Lipinski definition) is 3. The van der Waals surface area contributed by atoms with Crippen molar-refractivity contribution >= 4 is 17.3 Å². The average molecular weight is 585 g/mol. The number of H-pyrrole nitrogens is 1. The molecule has 2 aromatic heterocycles. The van der Waals surface area contributed by atoms with Crippen LogP contribution in [-0.2, 0) is 0 Å². The van der Waals surface area contributed by atoms with E-state index in [2.05, 4.69) is 20.6 Å². The number of alkyl halides is 1. The number of methoxy groups -OCH3 is 1. The van der Waals surface area contributed by atoms with Crippen LogP contribution in [0.4, 0.5) is 15.8 Å². The van der Waals surface area contributed by atoms with E-state index in [0.717, 1.165) is 5.69 Å². The zero-order valence-corrected chi connectivity index (χ0v) is 20.6. The number of halogens is 2. The van der Waals surface area contributed by atoms with E-state index >= 15 is 0 Å². The van der Waals surface area contributed by atoms with Gasteiger partial charge in [-0.1, -0.05) is 0 Å². The van der Waals surface area contributed by atoms with Crippen molar-refractivity contribution in [2.24, 2.45) is 0 Å². The van der Waals surface area contributed by atoms with Gasteiger partial charge in [-0.25, -0.2) is 0 Å². The van der Waals surface area contributed by atoms with Crippen molar-refractivity contribution in [1.29, 1.82) is 0 Å². The molecule has 0 radical (unpaired) electrons. The van der Waals surface area contributed by atoms with Crippen LogP contribution in [0.2, 0.25) is 0 Å². The van der Waals surface area contributed by atoms with Gasteiger partial charge in [0.05, 0.1) is 0 Å². The van der Waals surface area contributed by atoms with Crippen molar-refractivity contribution in [3.05, 3.63) is 78.0 Å². The molecule has 1 amide bonds. The molecule has 4 aromatic rings. The van der Waals surface area contributed by atoms with E-state index in [0.29, 0.717) is 52.0 Å². The topological polar surface area (TPSA) is 97.5 Å². The SMILES string of the molecule is COc1c(F)cccc1Nc1c2[nH]c3c1C(=O)NCC3[I-]Oc1cccc(c1)Oc1cnccc1-2. The van der Waals surface area contributed by atoms with Crippen LogP contribution in [-0.4, -0.2) is 29.5 Å². The molecule has 0 spiro atoms. The predicted octanol–water partition coefficient (Wildman–Crippen LogP) is 1.94. The van der Waals surface area contributed by atoms with Crippen LogP contribution in [0.5, 0.6) is 23.0 Å². The summed E-state index contributed by atoms with van der Waals surface area (Å²) in [7, 11) is 1.40. The first-order valence-electron chi connectivity index (χ1n) is 10.8. The summed E-state index contributed by atoms with van der Waals surface area (Å²) in [6.45, 7) is 0.460. The van der Waals surface area contributed by atoms with Gasteiger partial charge in [-0.2, -0.15) is 0 Å². The number of para-hydroxylation sites is 1. The van der Waals surface area contributed by atoms with Gasteiger partial charge in [0.1, 0.15) is 0 Å². The molecule has 0 saturated carbocycles. The number of nitrogens with one attached hydrogen (secondary N) is 3. The summed E-state index contributed by atoms with van der Waals surface area (Å²) in [5, 5.41) is 6.25. The molecule has 8 nitrogen and oxygen atoms in total. The number of hydrogen-bond acceptors (Lipinski definition) is 6. The number of ether oxygens (including phenoxy) is 2. The van der Waals surface area contributed by atoms with E-state index in [1.54, 1.807) is 24.5 Å². The molecule has 1 unspecified atom stereocenters. The molecule has 3 N–H and O–H groups in total. The molecule has 2 aliphatic rings. The number of pyridine rings is 1. The van der Waals surface area contributed by atoms with E-state index in [1.807, 2.05) is 30.3 Å². The summed E-state index contributed by atoms with van der Waals surface area (Å²) in [6.07, 6.45) is 3.27. The van der Waals surface area contributed by atoms with E-state index in [4.69, 9.17) is 12.5 Å². The number of anilines is 2. The third-order valence-electron chi connectivity index (χ3n) is 5.77. The van der Waals surface area contributed by atoms with Gasteiger partial charge in [-0.05, 0) is 0 Å². The maximum atomic E-state index is 14.5. The monoisotopic (exact) mass is 585 g/mol. The van der Waals surface area contributed by atoms with Crippen molar-refractivity contribution in [3.63, 3.8) is 0 Å². The number of aromatic nitrogens is 2. The quantitative estimate of drug-likeness (QED) is 0.251. The fraction of sp³-hybridized carbons (Fsp3) is 0.120. The van der Waals surface area contributed by atoms with Gasteiger partial charge in [-0.3, -0.25) is 0 Å². The second-order valence-electron chi connectivity index (χ2n) is 7.90. The summed E-state index contributed by atoms with van der Waals surface area (Å²) < 4.78 is 32.1. The van der Waals surface area contributed by atoms with Crippen molar-refractivity contribution in [2.45, 2.75) is 3.92 Å². The number of carbonyl (C=O) groups is 1. The normalized spacial score (nSPS) is 16.2. The molecule has 6 rings (SSSR count). The number of nitrogens with zero attached hydrogens (tertiary/aromatic N) is 1. The second kappa shape index (κ2) is 8.77. The van der Waals surface area contributed by atoms with Crippen molar-refractivity contribution in [3.8, 4) is 34.3 Å². The molecule has 1 atom stereocenters. The minimum atomic E-state index is -0.847. The summed E-state index contributed by atoms with van der Waals surface area (Å²) in [4.78, 5) is 20.9. The average Bonchev–Trinajstić information content (AvgIpc) is 3.24. The molecule has 4 bridgehead atoms. The van der Waals surface area contributed by atoms with E-state index < -0.39 is 27.4 Å². The fourth-order valence-corrected chi connectivity index (χ4v) is 6.20. The number of aromatic amines is 1. The Hall–Kier alpha value is -3.80.